The number of rotatable bonds is 4. The van der Waals surface area contributed by atoms with Crippen molar-refractivity contribution in [2.75, 3.05) is 41.7 Å². The Morgan fingerprint density at radius 2 is 1.90 bits per heavy atom. The minimum Gasteiger partial charge on any atom is -0.368 e. The summed E-state index contributed by atoms with van der Waals surface area (Å²) in [5.74, 6) is 0. The first-order chi connectivity index (χ1) is 14.1. The van der Waals surface area contributed by atoms with Crippen molar-refractivity contribution in [3.8, 4) is 0 Å². The van der Waals surface area contributed by atoms with E-state index in [4.69, 9.17) is 0 Å². The Morgan fingerprint density at radius 1 is 1.10 bits per heavy atom. The molecule has 148 valence electrons. The fraction of sp³-hybridized carbons (Fsp3) is 0.200. The molecule has 29 heavy (non-hydrogen) atoms. The van der Waals surface area contributed by atoms with Crippen molar-refractivity contribution in [2.24, 2.45) is 0 Å². The van der Waals surface area contributed by atoms with Crippen LogP contribution in [-0.2, 0) is 0 Å². The van der Waals surface area contributed by atoms with E-state index < -0.39 is 11.0 Å². The van der Waals surface area contributed by atoms with Crippen LogP contribution in [0.4, 0.5) is 27.5 Å². The molecule has 2 heterocycles. The Kier molecular flexibility index (Phi) is 5.21. The zero-order valence-corrected chi connectivity index (χ0v) is 15.6. The van der Waals surface area contributed by atoms with Crippen LogP contribution in [0.1, 0.15) is 0 Å². The molecule has 1 fully saturated rings. The minimum absolute atomic E-state index is 0.0853. The van der Waals surface area contributed by atoms with E-state index in [9.17, 15) is 14.9 Å². The summed E-state index contributed by atoms with van der Waals surface area (Å²) < 4.78 is 0. The summed E-state index contributed by atoms with van der Waals surface area (Å²) in [7, 11) is 0. The van der Waals surface area contributed by atoms with E-state index in [0.717, 1.165) is 42.8 Å². The minimum atomic E-state index is -0.503. The molecule has 9 heteroatoms. The highest BCUT2D eigenvalue weighted by Gasteiger charge is 2.14. The average Bonchev–Trinajstić information content (AvgIpc) is 2.74. The van der Waals surface area contributed by atoms with Crippen LogP contribution in [0.25, 0.3) is 10.9 Å². The third-order valence-corrected chi connectivity index (χ3v) is 4.76. The first-order valence-electron chi connectivity index (χ1n) is 9.27. The second kappa shape index (κ2) is 8.11. The number of fused-ring (bicyclic) bond motifs is 1. The number of hydrogen-bond acceptors (Lipinski definition) is 6. The van der Waals surface area contributed by atoms with E-state index >= 15 is 0 Å². The van der Waals surface area contributed by atoms with Crippen molar-refractivity contribution >= 4 is 39.7 Å². The smallest absolute Gasteiger partial charge is 0.323 e. The van der Waals surface area contributed by atoms with Crippen LogP contribution in [0, 0.1) is 10.1 Å². The van der Waals surface area contributed by atoms with E-state index in [1.807, 2.05) is 24.4 Å². The summed E-state index contributed by atoms with van der Waals surface area (Å²) in [4.78, 5) is 29.6. The molecule has 1 aromatic heterocycles. The van der Waals surface area contributed by atoms with Crippen molar-refractivity contribution in [3.63, 3.8) is 0 Å². The number of hydrogen-bond donors (Lipinski definition) is 3. The maximum absolute atomic E-state index is 12.5. The summed E-state index contributed by atoms with van der Waals surface area (Å²) in [6.07, 6.45) is 1.85. The number of benzene rings is 2. The third-order valence-electron chi connectivity index (χ3n) is 4.76. The Balaban J connectivity index is 1.56. The van der Waals surface area contributed by atoms with Crippen LogP contribution >= 0.6 is 0 Å². The Hall–Kier alpha value is -3.72. The van der Waals surface area contributed by atoms with Gasteiger partial charge in [-0.25, -0.2) is 4.79 Å². The highest BCUT2D eigenvalue weighted by Crippen LogP contribution is 2.27. The zero-order valence-electron chi connectivity index (χ0n) is 15.6. The van der Waals surface area contributed by atoms with E-state index in [1.54, 1.807) is 12.1 Å². The SMILES string of the molecule is O=C(Nc1cccc([N+](=O)[O-])c1)Nc1cccc2ncc(N3CCNCC3)cc12. The molecule has 0 atom stereocenters. The molecule has 3 N–H and O–H groups in total. The van der Waals surface area contributed by atoms with E-state index in [0.29, 0.717) is 11.4 Å². The Labute approximate surface area is 166 Å². The molecule has 0 aliphatic carbocycles. The van der Waals surface area contributed by atoms with E-state index in [-0.39, 0.29) is 5.69 Å². The molecule has 1 aliphatic rings. The van der Waals surface area contributed by atoms with Crippen molar-refractivity contribution in [1.82, 2.24) is 10.3 Å². The second-order valence-electron chi connectivity index (χ2n) is 6.69. The monoisotopic (exact) mass is 392 g/mol. The first-order valence-corrected chi connectivity index (χ1v) is 9.27. The molecule has 9 nitrogen and oxygen atoms in total. The molecule has 1 saturated heterocycles. The number of nitrogens with one attached hydrogen (secondary N) is 3. The molecule has 4 rings (SSSR count). The van der Waals surface area contributed by atoms with Crippen LogP contribution in [0.3, 0.4) is 0 Å². The maximum Gasteiger partial charge on any atom is 0.323 e. The highest BCUT2D eigenvalue weighted by atomic mass is 16.6. The van der Waals surface area contributed by atoms with Crippen LogP contribution in [0.2, 0.25) is 0 Å². The Morgan fingerprint density at radius 3 is 2.69 bits per heavy atom. The van der Waals surface area contributed by atoms with Crippen LogP contribution in [0.15, 0.2) is 54.7 Å². The molecule has 2 aromatic carbocycles. The number of amides is 2. The largest absolute Gasteiger partial charge is 0.368 e. The van der Waals surface area contributed by atoms with Crippen LogP contribution < -0.4 is 20.9 Å². The topological polar surface area (TPSA) is 112 Å². The van der Waals surface area contributed by atoms with Gasteiger partial charge in [0.25, 0.3) is 5.69 Å². The van der Waals surface area contributed by atoms with Gasteiger partial charge in [-0.15, -0.1) is 0 Å². The number of aromatic nitrogens is 1. The van der Waals surface area contributed by atoms with Gasteiger partial charge in [0.05, 0.1) is 28.0 Å². The molecule has 0 bridgehead atoms. The number of pyridine rings is 1. The summed E-state index contributed by atoms with van der Waals surface area (Å²) in [5, 5.41) is 20.5. The second-order valence-corrected chi connectivity index (χ2v) is 6.69. The molecule has 0 saturated carbocycles. The van der Waals surface area contributed by atoms with Crippen molar-refractivity contribution in [3.05, 3.63) is 64.8 Å². The highest BCUT2D eigenvalue weighted by molar-refractivity contribution is 6.06. The summed E-state index contributed by atoms with van der Waals surface area (Å²) >= 11 is 0. The van der Waals surface area contributed by atoms with Crippen molar-refractivity contribution in [2.45, 2.75) is 0 Å². The lowest BCUT2D eigenvalue weighted by atomic mass is 10.1. The predicted octanol–water partition coefficient (Wildman–Crippen LogP) is 3.20. The lowest BCUT2D eigenvalue weighted by molar-refractivity contribution is -0.384. The number of non-ortho nitro benzene ring substituents is 1. The predicted molar refractivity (Wildman–Crippen MR) is 113 cm³/mol. The number of carbonyl (C=O) groups excluding carboxylic acids is 1. The third kappa shape index (κ3) is 4.25. The molecule has 0 radical (unpaired) electrons. The average molecular weight is 392 g/mol. The van der Waals surface area contributed by atoms with Crippen molar-refractivity contribution in [1.29, 1.82) is 0 Å². The normalized spacial score (nSPS) is 13.9. The number of piperazine rings is 1. The summed E-state index contributed by atoms with van der Waals surface area (Å²) in [5.41, 5.74) is 2.66. The molecule has 0 spiro atoms. The lowest BCUT2D eigenvalue weighted by Crippen LogP contribution is -2.43. The molecule has 1 aliphatic heterocycles. The quantitative estimate of drug-likeness (QED) is 0.464. The number of anilines is 3. The molecule has 2 amide bonds. The number of nitrogens with zero attached hydrogens (tertiary/aromatic N) is 3. The first kappa shape index (κ1) is 18.6. The van der Waals surface area contributed by atoms with E-state index in [1.165, 1.54) is 18.2 Å². The van der Waals surface area contributed by atoms with Gasteiger partial charge < -0.3 is 20.9 Å². The lowest BCUT2D eigenvalue weighted by Gasteiger charge is -2.29. The number of urea groups is 1. The fourth-order valence-corrected chi connectivity index (χ4v) is 3.32. The summed E-state index contributed by atoms with van der Waals surface area (Å²) in [6.45, 7) is 3.64. The van der Waals surface area contributed by atoms with Gasteiger partial charge in [0.2, 0.25) is 0 Å². The fourth-order valence-electron chi connectivity index (χ4n) is 3.32. The zero-order chi connectivity index (χ0) is 20.2. The molecule has 3 aromatic rings. The standard InChI is InChI=1S/C20H20N6O3/c27-20(23-14-3-1-4-15(11-14)26(28)29)24-19-6-2-5-18-17(19)12-16(13-22-18)25-9-7-21-8-10-25/h1-6,11-13,21H,7-10H2,(H2,23,24,27). The number of nitro groups is 1. The van der Waals surface area contributed by atoms with E-state index in [2.05, 4.69) is 25.8 Å². The van der Waals surface area contributed by atoms with Crippen molar-refractivity contribution < 1.29 is 9.72 Å². The van der Waals surface area contributed by atoms with Gasteiger partial charge in [-0.05, 0) is 24.3 Å². The number of carbonyl (C=O) groups is 1. The van der Waals surface area contributed by atoms with Gasteiger partial charge in [0.15, 0.2) is 0 Å². The van der Waals surface area contributed by atoms with Gasteiger partial charge in [0, 0.05) is 49.4 Å². The van der Waals surface area contributed by atoms with Gasteiger partial charge in [-0.3, -0.25) is 15.1 Å². The molecular weight excluding hydrogens is 372 g/mol. The van der Waals surface area contributed by atoms with Gasteiger partial charge in [-0.1, -0.05) is 12.1 Å². The van der Waals surface area contributed by atoms with Gasteiger partial charge >= 0.3 is 6.03 Å². The van der Waals surface area contributed by atoms with Crippen LogP contribution in [0.5, 0.6) is 0 Å². The maximum atomic E-state index is 12.5. The van der Waals surface area contributed by atoms with Gasteiger partial charge in [0.1, 0.15) is 0 Å². The van der Waals surface area contributed by atoms with Gasteiger partial charge in [-0.2, -0.15) is 0 Å². The summed E-state index contributed by atoms with van der Waals surface area (Å²) in [6, 6.07) is 12.9. The number of nitro benzene ring substituents is 1. The van der Waals surface area contributed by atoms with Crippen LogP contribution in [-0.4, -0.2) is 42.1 Å². The molecule has 0 unspecified atom stereocenters. The molecular formula is C20H20N6O3. The Bertz CT molecular complexity index is 1070.